The summed E-state index contributed by atoms with van der Waals surface area (Å²) >= 11 is 3.92. The number of piperidine rings is 1. The van der Waals surface area contributed by atoms with Crippen LogP contribution in [0.3, 0.4) is 0 Å². The highest BCUT2D eigenvalue weighted by Crippen LogP contribution is 2.28. The third-order valence-electron chi connectivity index (χ3n) is 6.15. The molecule has 2 N–H and O–H groups in total. The van der Waals surface area contributed by atoms with Crippen molar-refractivity contribution in [2.24, 2.45) is 10.9 Å². The van der Waals surface area contributed by atoms with Crippen LogP contribution in [0.1, 0.15) is 63.1 Å². The zero-order valence-electron chi connectivity index (χ0n) is 18.9. The number of nitrogens with zero attached hydrogens (tertiary/aromatic N) is 3. The number of nitrogens with one attached hydrogen (secondary N) is 2. The maximum atomic E-state index is 4.72. The molecule has 0 bridgehead atoms. The molecule has 1 saturated carbocycles. The van der Waals surface area contributed by atoms with Gasteiger partial charge in [-0.2, -0.15) is 11.8 Å². The predicted octanol–water partition coefficient (Wildman–Crippen LogP) is 4.76. The number of aryl methyl sites for hydroxylation is 1. The van der Waals surface area contributed by atoms with Gasteiger partial charge < -0.3 is 10.6 Å². The lowest BCUT2D eigenvalue weighted by Crippen LogP contribution is -2.47. The van der Waals surface area contributed by atoms with Gasteiger partial charge in [0.05, 0.1) is 10.7 Å². The van der Waals surface area contributed by atoms with Crippen molar-refractivity contribution in [2.45, 2.75) is 76.6 Å². The average molecular weight is 566 g/mol. The van der Waals surface area contributed by atoms with Crippen molar-refractivity contribution in [2.75, 3.05) is 32.4 Å². The van der Waals surface area contributed by atoms with Crippen molar-refractivity contribution >= 4 is 53.0 Å². The number of thioether (sulfide) groups is 1. The fraction of sp³-hybridized carbons (Fsp3) is 0.818. The first-order valence-corrected chi connectivity index (χ1v) is 13.4. The SMILES string of the molecule is CCSC1CCCC(NC(=NC)NCC2CCN(Cc3csc(CC)n3)CC2)C1.I. The molecule has 1 aromatic heterocycles. The fourth-order valence-electron chi connectivity index (χ4n) is 4.45. The van der Waals surface area contributed by atoms with Crippen molar-refractivity contribution in [3.8, 4) is 0 Å². The molecule has 2 heterocycles. The van der Waals surface area contributed by atoms with Gasteiger partial charge in [0.25, 0.3) is 0 Å². The smallest absolute Gasteiger partial charge is 0.191 e. The first-order valence-electron chi connectivity index (χ1n) is 11.4. The number of thiazole rings is 1. The summed E-state index contributed by atoms with van der Waals surface area (Å²) in [5, 5.41) is 11.6. The molecule has 1 aliphatic heterocycles. The minimum atomic E-state index is 0. The van der Waals surface area contributed by atoms with Crippen LogP contribution >= 0.6 is 47.1 Å². The summed E-state index contributed by atoms with van der Waals surface area (Å²) in [6.45, 7) is 8.85. The summed E-state index contributed by atoms with van der Waals surface area (Å²) < 4.78 is 0. The standard InChI is InChI=1S/C22H39N5S2.HI/c1-4-21-25-19(16-29-21)15-27-11-9-17(10-12-27)14-24-22(23-3)26-18-7-6-8-20(13-18)28-5-2;/h16-18,20H,4-15H2,1-3H3,(H2,23,24,26);1H. The largest absolute Gasteiger partial charge is 0.356 e. The van der Waals surface area contributed by atoms with Gasteiger partial charge >= 0.3 is 0 Å². The summed E-state index contributed by atoms with van der Waals surface area (Å²) in [5.74, 6) is 2.96. The molecule has 5 nitrogen and oxygen atoms in total. The average Bonchev–Trinajstić information content (AvgIpc) is 3.20. The number of hydrogen-bond donors (Lipinski definition) is 2. The van der Waals surface area contributed by atoms with Crippen LogP contribution in [0.4, 0.5) is 0 Å². The second-order valence-electron chi connectivity index (χ2n) is 8.34. The Hall–Kier alpha value is -0.0600. The molecule has 2 aliphatic rings. The minimum absolute atomic E-state index is 0. The Balaban J connectivity index is 0.00000320. The number of rotatable bonds is 8. The van der Waals surface area contributed by atoms with Gasteiger partial charge in [-0.15, -0.1) is 35.3 Å². The van der Waals surface area contributed by atoms with Crippen molar-refractivity contribution in [1.29, 1.82) is 0 Å². The van der Waals surface area contributed by atoms with E-state index < -0.39 is 0 Å². The van der Waals surface area contributed by atoms with Gasteiger partial charge in [-0.05, 0) is 63.3 Å². The Kier molecular flexibility index (Phi) is 12.4. The van der Waals surface area contributed by atoms with E-state index in [1.165, 1.54) is 68.1 Å². The van der Waals surface area contributed by atoms with Gasteiger partial charge in [0, 0.05) is 36.8 Å². The van der Waals surface area contributed by atoms with Gasteiger partial charge in [0.2, 0.25) is 0 Å². The van der Waals surface area contributed by atoms with Crippen molar-refractivity contribution in [3.05, 3.63) is 16.1 Å². The summed E-state index contributed by atoms with van der Waals surface area (Å²) in [6, 6.07) is 0.576. The lowest BCUT2D eigenvalue weighted by molar-refractivity contribution is 0.176. The van der Waals surface area contributed by atoms with Crippen LogP contribution in [0, 0.1) is 5.92 Å². The molecular weight excluding hydrogens is 525 g/mol. The van der Waals surface area contributed by atoms with E-state index in [1.54, 1.807) is 11.3 Å². The Morgan fingerprint density at radius 1 is 1.27 bits per heavy atom. The first-order chi connectivity index (χ1) is 14.2. The van der Waals surface area contributed by atoms with Crippen LogP contribution in [-0.2, 0) is 13.0 Å². The highest BCUT2D eigenvalue weighted by atomic mass is 127. The molecule has 0 amide bonds. The molecule has 1 saturated heterocycles. The summed E-state index contributed by atoms with van der Waals surface area (Å²) in [7, 11) is 1.90. The molecule has 172 valence electrons. The molecule has 1 aromatic rings. The van der Waals surface area contributed by atoms with Crippen LogP contribution in [0.15, 0.2) is 10.4 Å². The zero-order valence-corrected chi connectivity index (χ0v) is 22.8. The van der Waals surface area contributed by atoms with E-state index in [4.69, 9.17) is 4.98 Å². The molecule has 8 heteroatoms. The highest BCUT2D eigenvalue weighted by molar-refractivity contribution is 14.0. The van der Waals surface area contributed by atoms with E-state index in [0.29, 0.717) is 6.04 Å². The summed E-state index contributed by atoms with van der Waals surface area (Å²) in [6.07, 6.45) is 8.82. The Morgan fingerprint density at radius 2 is 2.07 bits per heavy atom. The molecule has 3 rings (SSSR count). The molecule has 0 aromatic carbocycles. The topological polar surface area (TPSA) is 52.6 Å². The fourth-order valence-corrected chi connectivity index (χ4v) is 6.36. The summed E-state index contributed by atoms with van der Waals surface area (Å²) in [4.78, 5) is 11.8. The number of aromatic nitrogens is 1. The maximum Gasteiger partial charge on any atom is 0.191 e. The molecule has 2 fully saturated rings. The molecule has 0 radical (unpaired) electrons. The molecule has 0 spiro atoms. The molecule has 30 heavy (non-hydrogen) atoms. The van der Waals surface area contributed by atoms with E-state index >= 15 is 0 Å². The van der Waals surface area contributed by atoms with Crippen molar-refractivity contribution in [3.63, 3.8) is 0 Å². The van der Waals surface area contributed by atoms with E-state index in [9.17, 15) is 0 Å². The van der Waals surface area contributed by atoms with Gasteiger partial charge in [0.15, 0.2) is 5.96 Å². The maximum absolute atomic E-state index is 4.72. The van der Waals surface area contributed by atoms with Gasteiger partial charge in [-0.25, -0.2) is 4.98 Å². The Labute approximate surface area is 208 Å². The predicted molar refractivity (Wildman–Crippen MR) is 144 cm³/mol. The van der Waals surface area contributed by atoms with Crippen molar-refractivity contribution in [1.82, 2.24) is 20.5 Å². The van der Waals surface area contributed by atoms with Crippen LogP contribution in [-0.4, -0.2) is 59.6 Å². The Bertz CT molecular complexity index is 629. The van der Waals surface area contributed by atoms with Crippen LogP contribution < -0.4 is 10.6 Å². The Morgan fingerprint density at radius 3 is 2.73 bits per heavy atom. The number of likely N-dealkylation sites (tertiary alicyclic amines) is 1. The second kappa shape index (κ2) is 14.2. The number of hydrogen-bond acceptors (Lipinski definition) is 5. The monoisotopic (exact) mass is 565 g/mol. The van der Waals surface area contributed by atoms with Gasteiger partial charge in [-0.1, -0.05) is 20.3 Å². The van der Waals surface area contributed by atoms with E-state index in [0.717, 1.165) is 36.6 Å². The van der Waals surface area contributed by atoms with Gasteiger partial charge in [-0.3, -0.25) is 9.89 Å². The van der Waals surface area contributed by atoms with Crippen LogP contribution in [0.2, 0.25) is 0 Å². The molecular formula is C22H40IN5S2. The van der Waals surface area contributed by atoms with Crippen molar-refractivity contribution < 1.29 is 0 Å². The first kappa shape index (κ1) is 26.2. The van der Waals surface area contributed by atoms with E-state index in [-0.39, 0.29) is 24.0 Å². The third kappa shape index (κ3) is 8.47. The van der Waals surface area contributed by atoms with E-state index in [2.05, 4.69) is 51.5 Å². The van der Waals surface area contributed by atoms with Crippen LogP contribution in [0.5, 0.6) is 0 Å². The molecule has 1 aliphatic carbocycles. The van der Waals surface area contributed by atoms with Crippen LogP contribution in [0.25, 0.3) is 0 Å². The second-order valence-corrected chi connectivity index (χ2v) is 10.9. The minimum Gasteiger partial charge on any atom is -0.356 e. The zero-order chi connectivity index (χ0) is 20.5. The lowest BCUT2D eigenvalue weighted by atomic mass is 9.95. The number of aliphatic imine (C=N–C) groups is 1. The molecule has 2 atom stereocenters. The number of halogens is 1. The lowest BCUT2D eigenvalue weighted by Gasteiger charge is -2.33. The normalized spacial score (nSPS) is 23.8. The third-order valence-corrected chi connectivity index (χ3v) is 8.42. The van der Waals surface area contributed by atoms with E-state index in [1.807, 2.05) is 7.05 Å². The number of guanidine groups is 1. The molecule has 2 unspecified atom stereocenters. The quantitative estimate of drug-likeness (QED) is 0.271. The van der Waals surface area contributed by atoms with Gasteiger partial charge in [0.1, 0.15) is 0 Å². The highest BCUT2D eigenvalue weighted by Gasteiger charge is 2.24. The summed E-state index contributed by atoms with van der Waals surface area (Å²) in [5.41, 5.74) is 1.25.